The Morgan fingerprint density at radius 2 is 2.35 bits per heavy atom. The summed E-state index contributed by atoms with van der Waals surface area (Å²) in [5.41, 5.74) is 2.14. The molecule has 1 aliphatic rings. The maximum absolute atomic E-state index is 11.9. The van der Waals surface area contributed by atoms with Crippen LogP contribution >= 0.6 is 11.3 Å². The highest BCUT2D eigenvalue weighted by Crippen LogP contribution is 2.29. The van der Waals surface area contributed by atoms with Gasteiger partial charge in [-0.15, -0.1) is 11.3 Å². The van der Waals surface area contributed by atoms with Crippen molar-refractivity contribution in [3.05, 3.63) is 39.8 Å². The molecule has 1 saturated carbocycles. The number of hydrogen-bond acceptors (Lipinski definition) is 3. The molecule has 0 saturated heterocycles. The Hall–Kier alpha value is -1.62. The minimum atomic E-state index is 0.0893. The molecular formula is C15H19N3OS. The van der Waals surface area contributed by atoms with E-state index in [-0.39, 0.29) is 17.9 Å². The fourth-order valence-corrected chi connectivity index (χ4v) is 3.25. The standard InChI is InChI=1S/C15H19N3OS/c1-10-8-11(2)18(17-10)13(14-4-3-7-20-14)9-16-15(19)12-5-6-12/h3-4,7-8,12-13H,5-6,9H2,1-2H3,(H,16,19)/t13-/m1/s1. The van der Waals surface area contributed by atoms with E-state index in [0.29, 0.717) is 6.54 Å². The molecule has 0 radical (unpaired) electrons. The largest absolute Gasteiger partial charge is 0.353 e. The van der Waals surface area contributed by atoms with E-state index in [2.05, 4.69) is 34.9 Å². The van der Waals surface area contributed by atoms with Crippen LogP contribution in [0.25, 0.3) is 0 Å². The summed E-state index contributed by atoms with van der Waals surface area (Å²) >= 11 is 1.71. The number of aromatic nitrogens is 2. The third-order valence-corrected chi connectivity index (χ3v) is 4.60. The van der Waals surface area contributed by atoms with E-state index in [0.717, 1.165) is 24.2 Å². The number of amides is 1. The molecule has 0 bridgehead atoms. The fraction of sp³-hybridized carbons (Fsp3) is 0.467. The van der Waals surface area contributed by atoms with E-state index < -0.39 is 0 Å². The highest BCUT2D eigenvalue weighted by atomic mass is 32.1. The van der Waals surface area contributed by atoms with Gasteiger partial charge in [0, 0.05) is 23.0 Å². The highest BCUT2D eigenvalue weighted by molar-refractivity contribution is 7.10. The summed E-state index contributed by atoms with van der Waals surface area (Å²) < 4.78 is 2.02. The van der Waals surface area contributed by atoms with Crippen LogP contribution in [-0.4, -0.2) is 22.2 Å². The zero-order valence-corrected chi connectivity index (χ0v) is 12.6. The first-order valence-corrected chi connectivity index (χ1v) is 7.87. The summed E-state index contributed by atoms with van der Waals surface area (Å²) in [5, 5.41) is 9.72. The molecule has 0 spiro atoms. The number of carbonyl (C=O) groups is 1. The van der Waals surface area contributed by atoms with Crippen molar-refractivity contribution < 1.29 is 4.79 Å². The number of carbonyl (C=O) groups excluding carboxylic acids is 1. The lowest BCUT2D eigenvalue weighted by molar-refractivity contribution is -0.122. The van der Waals surface area contributed by atoms with Crippen LogP contribution in [0.5, 0.6) is 0 Å². The minimum absolute atomic E-state index is 0.0893. The lowest BCUT2D eigenvalue weighted by Crippen LogP contribution is -2.32. The summed E-state index contributed by atoms with van der Waals surface area (Å²) in [7, 11) is 0. The third-order valence-electron chi connectivity index (χ3n) is 3.63. The molecule has 0 aliphatic heterocycles. The van der Waals surface area contributed by atoms with Crippen molar-refractivity contribution in [3.63, 3.8) is 0 Å². The number of hydrogen-bond donors (Lipinski definition) is 1. The van der Waals surface area contributed by atoms with Crippen LogP contribution in [0.4, 0.5) is 0 Å². The van der Waals surface area contributed by atoms with Crippen LogP contribution in [0.2, 0.25) is 0 Å². The first kappa shape index (κ1) is 13.4. The number of aryl methyl sites for hydroxylation is 2. The van der Waals surface area contributed by atoms with Crippen molar-refractivity contribution in [2.24, 2.45) is 5.92 Å². The van der Waals surface area contributed by atoms with Gasteiger partial charge in [-0.05, 0) is 44.2 Å². The molecule has 106 valence electrons. The van der Waals surface area contributed by atoms with Gasteiger partial charge in [0.25, 0.3) is 0 Å². The summed E-state index contributed by atoms with van der Waals surface area (Å²) in [4.78, 5) is 13.1. The van der Waals surface area contributed by atoms with Gasteiger partial charge in [-0.3, -0.25) is 9.48 Å². The zero-order valence-electron chi connectivity index (χ0n) is 11.8. The predicted octanol–water partition coefficient (Wildman–Crippen LogP) is 2.68. The van der Waals surface area contributed by atoms with Gasteiger partial charge >= 0.3 is 0 Å². The van der Waals surface area contributed by atoms with Crippen molar-refractivity contribution in [2.45, 2.75) is 32.7 Å². The highest BCUT2D eigenvalue weighted by Gasteiger charge is 2.30. The maximum atomic E-state index is 11.9. The molecule has 1 atom stereocenters. The molecule has 1 amide bonds. The summed E-state index contributed by atoms with van der Waals surface area (Å²) in [6, 6.07) is 6.31. The second kappa shape index (κ2) is 5.40. The molecule has 1 N–H and O–H groups in total. The molecule has 4 nitrogen and oxygen atoms in total. The van der Waals surface area contributed by atoms with E-state index in [1.54, 1.807) is 11.3 Å². The second-order valence-corrected chi connectivity index (χ2v) is 6.40. The SMILES string of the molecule is Cc1cc(C)n([C@H](CNC(=O)C2CC2)c2cccs2)n1. The quantitative estimate of drug-likeness (QED) is 0.920. The fourth-order valence-electron chi connectivity index (χ4n) is 2.44. The van der Waals surface area contributed by atoms with Crippen LogP contribution < -0.4 is 5.32 Å². The average molecular weight is 289 g/mol. The van der Waals surface area contributed by atoms with Crippen LogP contribution in [0, 0.1) is 19.8 Å². The van der Waals surface area contributed by atoms with Crippen LogP contribution in [0.3, 0.4) is 0 Å². The number of nitrogens with one attached hydrogen (secondary N) is 1. The van der Waals surface area contributed by atoms with Gasteiger partial charge in [0.05, 0.1) is 5.69 Å². The van der Waals surface area contributed by atoms with Crippen molar-refractivity contribution in [2.75, 3.05) is 6.54 Å². The molecule has 20 heavy (non-hydrogen) atoms. The maximum Gasteiger partial charge on any atom is 0.223 e. The molecular weight excluding hydrogens is 270 g/mol. The van der Waals surface area contributed by atoms with E-state index in [4.69, 9.17) is 0 Å². The molecule has 2 aromatic heterocycles. The first-order chi connectivity index (χ1) is 9.65. The van der Waals surface area contributed by atoms with E-state index >= 15 is 0 Å². The number of thiophene rings is 1. The van der Waals surface area contributed by atoms with Gasteiger partial charge in [-0.1, -0.05) is 6.07 Å². The minimum Gasteiger partial charge on any atom is -0.353 e. The van der Waals surface area contributed by atoms with Gasteiger partial charge in [0.1, 0.15) is 6.04 Å². The Morgan fingerprint density at radius 3 is 2.90 bits per heavy atom. The number of rotatable bonds is 5. The van der Waals surface area contributed by atoms with E-state index in [9.17, 15) is 4.79 Å². The average Bonchev–Trinajstić information content (AvgIpc) is 3.03. The Labute approximate surface area is 122 Å². The Morgan fingerprint density at radius 1 is 1.55 bits per heavy atom. The molecule has 2 aromatic rings. The van der Waals surface area contributed by atoms with Gasteiger partial charge in [0.15, 0.2) is 0 Å². The molecule has 0 aromatic carbocycles. The van der Waals surface area contributed by atoms with Crippen molar-refractivity contribution in [1.82, 2.24) is 15.1 Å². The second-order valence-electron chi connectivity index (χ2n) is 5.42. The Balaban J connectivity index is 1.80. The van der Waals surface area contributed by atoms with Crippen LogP contribution in [0.15, 0.2) is 23.6 Å². The third kappa shape index (κ3) is 2.77. The van der Waals surface area contributed by atoms with Crippen molar-refractivity contribution >= 4 is 17.2 Å². The normalized spacial score (nSPS) is 16.1. The smallest absolute Gasteiger partial charge is 0.223 e. The van der Waals surface area contributed by atoms with E-state index in [1.807, 2.05) is 17.7 Å². The first-order valence-electron chi connectivity index (χ1n) is 6.99. The van der Waals surface area contributed by atoms with Gasteiger partial charge in [-0.2, -0.15) is 5.10 Å². The van der Waals surface area contributed by atoms with Crippen LogP contribution in [0.1, 0.15) is 35.1 Å². The summed E-state index contributed by atoms with van der Waals surface area (Å²) in [6.45, 7) is 4.67. The van der Waals surface area contributed by atoms with Gasteiger partial charge < -0.3 is 5.32 Å². The monoisotopic (exact) mass is 289 g/mol. The van der Waals surface area contributed by atoms with Gasteiger partial charge in [-0.25, -0.2) is 0 Å². The lowest BCUT2D eigenvalue weighted by Gasteiger charge is -2.18. The Bertz CT molecular complexity index is 599. The zero-order chi connectivity index (χ0) is 14.1. The molecule has 1 aliphatic carbocycles. The van der Waals surface area contributed by atoms with E-state index in [1.165, 1.54) is 4.88 Å². The molecule has 5 heteroatoms. The predicted molar refractivity (Wildman–Crippen MR) is 79.9 cm³/mol. The van der Waals surface area contributed by atoms with Crippen LogP contribution in [-0.2, 0) is 4.79 Å². The molecule has 1 fully saturated rings. The molecule has 0 unspecified atom stereocenters. The molecule has 3 rings (SSSR count). The topological polar surface area (TPSA) is 46.9 Å². The Kier molecular flexibility index (Phi) is 3.61. The summed E-state index contributed by atoms with van der Waals surface area (Å²) in [6.07, 6.45) is 2.07. The van der Waals surface area contributed by atoms with Gasteiger partial charge in [0.2, 0.25) is 5.91 Å². The lowest BCUT2D eigenvalue weighted by atomic mass is 10.2. The summed E-state index contributed by atoms with van der Waals surface area (Å²) in [5.74, 6) is 0.438. The van der Waals surface area contributed by atoms with Crippen molar-refractivity contribution in [3.8, 4) is 0 Å². The van der Waals surface area contributed by atoms with Crippen molar-refractivity contribution in [1.29, 1.82) is 0 Å². The number of nitrogens with zero attached hydrogens (tertiary/aromatic N) is 2. The molecule has 2 heterocycles.